The molecule has 0 saturated heterocycles. The molecule has 18 heavy (non-hydrogen) atoms. The highest BCUT2D eigenvalue weighted by Gasteiger charge is 2.03. The second kappa shape index (κ2) is 7.47. The zero-order chi connectivity index (χ0) is 14.2. The molecule has 0 aromatic heterocycles. The second-order valence-corrected chi connectivity index (χ2v) is 6.65. The minimum Gasteiger partial charge on any atom is -0.286 e. The lowest BCUT2D eigenvalue weighted by atomic mass is 10.1. The third kappa shape index (κ3) is 15.0. The molecule has 104 valence electrons. The van der Waals surface area contributed by atoms with Gasteiger partial charge in [0.25, 0.3) is 20.2 Å². The van der Waals surface area contributed by atoms with Gasteiger partial charge in [-0.25, -0.2) is 0 Å². The monoisotopic (exact) mass is 296 g/mol. The van der Waals surface area contributed by atoms with Crippen LogP contribution in [0.2, 0.25) is 0 Å². The van der Waals surface area contributed by atoms with E-state index in [1.165, 1.54) is 0 Å². The maximum atomic E-state index is 10.4. The van der Waals surface area contributed by atoms with Crippen LogP contribution in [-0.2, 0) is 26.7 Å². The molecule has 6 nitrogen and oxygen atoms in total. The lowest BCUT2D eigenvalue weighted by molar-refractivity contribution is 0.480. The Labute approximate surface area is 107 Å². The third-order valence-corrected chi connectivity index (χ3v) is 2.52. The Kier molecular flexibility index (Phi) is 7.07. The maximum Gasteiger partial charge on any atom is 0.264 e. The van der Waals surface area contributed by atoms with Crippen molar-refractivity contribution < 1.29 is 25.9 Å². The molecule has 0 radical (unpaired) electrons. The minimum atomic E-state index is -3.79. The number of aryl methyl sites for hydroxylation is 1. The van der Waals surface area contributed by atoms with Gasteiger partial charge in [0.15, 0.2) is 0 Å². The van der Waals surface area contributed by atoms with E-state index in [-0.39, 0.29) is 5.75 Å². The summed E-state index contributed by atoms with van der Waals surface area (Å²) in [5.41, 5.74) is 1.09. The number of hydrogen-bond acceptors (Lipinski definition) is 4. The van der Waals surface area contributed by atoms with Crippen LogP contribution in [0.1, 0.15) is 12.0 Å². The van der Waals surface area contributed by atoms with Crippen molar-refractivity contribution in [2.45, 2.75) is 12.8 Å². The summed E-state index contributed by atoms with van der Waals surface area (Å²) in [5.74, 6) is -0.165. The molecule has 0 spiro atoms. The summed E-state index contributed by atoms with van der Waals surface area (Å²) in [6.45, 7) is 0. The van der Waals surface area contributed by atoms with Crippen LogP contribution in [0.3, 0.4) is 0 Å². The first kappa shape index (κ1) is 17.0. The Hall–Kier alpha value is -0.960. The van der Waals surface area contributed by atoms with Crippen molar-refractivity contribution in [2.75, 3.05) is 12.0 Å². The number of benzene rings is 1. The van der Waals surface area contributed by atoms with Gasteiger partial charge in [0.1, 0.15) is 0 Å². The van der Waals surface area contributed by atoms with E-state index < -0.39 is 20.2 Å². The van der Waals surface area contributed by atoms with Gasteiger partial charge in [0.2, 0.25) is 0 Å². The van der Waals surface area contributed by atoms with E-state index in [0.717, 1.165) is 5.56 Å². The highest BCUT2D eigenvalue weighted by atomic mass is 32.2. The molecule has 0 aliphatic heterocycles. The average Bonchev–Trinajstić information content (AvgIpc) is 2.14. The van der Waals surface area contributed by atoms with Crippen LogP contribution in [0, 0.1) is 0 Å². The highest BCUT2D eigenvalue weighted by molar-refractivity contribution is 7.85. The standard InChI is InChI=1S/C9H12O3S.CH4O3S/c10-13(11,12)8-4-7-9-5-2-1-3-6-9;1-5(2,3)4/h1-3,5-6H,4,7-8H2,(H,10,11,12);1H3,(H,2,3,4). The SMILES string of the molecule is CS(=O)(=O)O.O=S(=O)(O)CCCc1ccccc1. The number of hydrogen-bond donors (Lipinski definition) is 2. The normalized spacial score (nSPS) is 11.5. The molecule has 1 aromatic rings. The van der Waals surface area contributed by atoms with Crippen LogP contribution in [-0.4, -0.2) is 37.9 Å². The van der Waals surface area contributed by atoms with Gasteiger partial charge in [-0.15, -0.1) is 0 Å². The average molecular weight is 296 g/mol. The molecule has 0 saturated carbocycles. The molecule has 0 aliphatic rings. The van der Waals surface area contributed by atoms with E-state index >= 15 is 0 Å². The van der Waals surface area contributed by atoms with Gasteiger partial charge in [-0.2, -0.15) is 16.8 Å². The molecule has 0 heterocycles. The van der Waals surface area contributed by atoms with Crippen molar-refractivity contribution in [1.82, 2.24) is 0 Å². The summed E-state index contributed by atoms with van der Waals surface area (Å²) in [6.07, 6.45) is 1.86. The predicted molar refractivity (Wildman–Crippen MR) is 68.7 cm³/mol. The molecule has 0 aliphatic carbocycles. The van der Waals surface area contributed by atoms with Crippen molar-refractivity contribution in [3.8, 4) is 0 Å². The van der Waals surface area contributed by atoms with Gasteiger partial charge >= 0.3 is 0 Å². The molecule has 0 fully saturated rings. The summed E-state index contributed by atoms with van der Waals surface area (Å²) >= 11 is 0. The second-order valence-electron chi connectivity index (χ2n) is 3.61. The van der Waals surface area contributed by atoms with Crippen molar-refractivity contribution in [3.63, 3.8) is 0 Å². The van der Waals surface area contributed by atoms with Crippen LogP contribution in [0.5, 0.6) is 0 Å². The van der Waals surface area contributed by atoms with Crippen molar-refractivity contribution in [2.24, 2.45) is 0 Å². The fourth-order valence-electron chi connectivity index (χ4n) is 1.10. The van der Waals surface area contributed by atoms with E-state index in [1.807, 2.05) is 30.3 Å². The van der Waals surface area contributed by atoms with E-state index in [1.54, 1.807) is 0 Å². The van der Waals surface area contributed by atoms with E-state index in [0.29, 0.717) is 19.1 Å². The fourth-order valence-corrected chi connectivity index (χ4v) is 1.61. The van der Waals surface area contributed by atoms with Crippen LogP contribution in [0.15, 0.2) is 30.3 Å². The zero-order valence-corrected chi connectivity index (χ0v) is 11.5. The minimum absolute atomic E-state index is 0.165. The lowest BCUT2D eigenvalue weighted by Gasteiger charge is -1.98. The Morgan fingerprint density at radius 3 is 1.83 bits per heavy atom. The van der Waals surface area contributed by atoms with Gasteiger partial charge in [0, 0.05) is 0 Å². The first-order valence-corrected chi connectivity index (χ1v) is 8.45. The topological polar surface area (TPSA) is 109 Å². The van der Waals surface area contributed by atoms with E-state index in [4.69, 9.17) is 9.11 Å². The first-order valence-electron chi connectivity index (χ1n) is 4.99. The van der Waals surface area contributed by atoms with Crippen LogP contribution in [0.25, 0.3) is 0 Å². The van der Waals surface area contributed by atoms with E-state index in [2.05, 4.69) is 0 Å². The Morgan fingerprint density at radius 1 is 1.00 bits per heavy atom. The lowest BCUT2D eigenvalue weighted by Crippen LogP contribution is -2.04. The molecule has 0 unspecified atom stereocenters. The van der Waals surface area contributed by atoms with Gasteiger partial charge < -0.3 is 0 Å². The van der Waals surface area contributed by atoms with Crippen molar-refractivity contribution >= 4 is 20.2 Å². The van der Waals surface area contributed by atoms with Crippen molar-refractivity contribution in [1.29, 1.82) is 0 Å². The van der Waals surface area contributed by atoms with E-state index in [9.17, 15) is 16.8 Å². The Balaban J connectivity index is 0.000000494. The molecular weight excluding hydrogens is 280 g/mol. The van der Waals surface area contributed by atoms with Crippen LogP contribution >= 0.6 is 0 Å². The van der Waals surface area contributed by atoms with Gasteiger partial charge in [-0.05, 0) is 18.4 Å². The molecule has 0 amide bonds. The van der Waals surface area contributed by atoms with Crippen LogP contribution in [0.4, 0.5) is 0 Å². The summed E-state index contributed by atoms with van der Waals surface area (Å²) in [6, 6.07) is 9.59. The largest absolute Gasteiger partial charge is 0.286 e. The van der Waals surface area contributed by atoms with Crippen LogP contribution < -0.4 is 0 Å². The molecular formula is C10H16O6S2. The van der Waals surface area contributed by atoms with Crippen molar-refractivity contribution in [3.05, 3.63) is 35.9 Å². The molecule has 1 rings (SSSR count). The zero-order valence-electron chi connectivity index (χ0n) is 9.85. The summed E-state index contributed by atoms with van der Waals surface area (Å²) < 4.78 is 55.1. The Morgan fingerprint density at radius 2 is 1.44 bits per heavy atom. The highest BCUT2D eigenvalue weighted by Crippen LogP contribution is 2.03. The molecule has 2 N–H and O–H groups in total. The first-order chi connectivity index (χ1) is 8.08. The summed E-state index contributed by atoms with van der Waals surface area (Å²) in [7, 11) is -7.46. The van der Waals surface area contributed by atoms with Gasteiger partial charge in [-0.1, -0.05) is 30.3 Å². The maximum absolute atomic E-state index is 10.4. The quantitative estimate of drug-likeness (QED) is 0.803. The molecule has 1 aromatic carbocycles. The third-order valence-electron chi connectivity index (χ3n) is 1.71. The van der Waals surface area contributed by atoms with Gasteiger partial charge in [0.05, 0.1) is 12.0 Å². The summed E-state index contributed by atoms with van der Waals surface area (Å²) in [4.78, 5) is 0. The smallest absolute Gasteiger partial charge is 0.264 e. The van der Waals surface area contributed by atoms with Gasteiger partial charge in [-0.3, -0.25) is 9.11 Å². The predicted octanol–water partition coefficient (Wildman–Crippen LogP) is 1.01. The molecule has 0 atom stereocenters. The molecule has 0 bridgehead atoms. The summed E-state index contributed by atoms with van der Waals surface area (Å²) in [5, 5.41) is 0. The fraction of sp³-hybridized carbons (Fsp3) is 0.400. The molecule has 8 heteroatoms. The Bertz CT molecular complexity index is 525. The number of rotatable bonds is 4.